The predicted octanol–water partition coefficient (Wildman–Crippen LogP) is 2.89. The molecule has 7 nitrogen and oxygen atoms in total. The third-order valence-corrected chi connectivity index (χ3v) is 2.71. The number of ether oxygens (including phenoxy) is 1. The lowest BCUT2D eigenvalue weighted by Gasteiger charge is -2.07. The maximum Gasteiger partial charge on any atom is 0.331 e. The molecule has 0 aliphatic heterocycles. The Labute approximate surface area is 121 Å². The minimum atomic E-state index is -0.550. The number of nitriles is 1. The number of pyridine rings is 1. The Hall–Kier alpha value is -3.14. The van der Waals surface area contributed by atoms with Crippen molar-refractivity contribution >= 4 is 11.5 Å². The topological polar surface area (TPSA) is 101 Å². The van der Waals surface area contributed by atoms with Crippen LogP contribution in [0.1, 0.15) is 5.56 Å². The predicted molar refractivity (Wildman–Crippen MR) is 76.3 cm³/mol. The SMILES string of the molecule is CNc1ccc([N+](=O)[O-])c(Oc2ccc(CC#N)cc2)n1. The van der Waals surface area contributed by atoms with E-state index in [0.29, 0.717) is 18.0 Å². The molecule has 0 aliphatic rings. The molecular weight excluding hydrogens is 272 g/mol. The molecule has 1 aromatic heterocycles. The van der Waals surface area contributed by atoms with E-state index >= 15 is 0 Å². The Bertz CT molecular complexity index is 692. The molecule has 0 bridgehead atoms. The molecule has 0 aliphatic carbocycles. The van der Waals surface area contributed by atoms with Gasteiger partial charge in [-0.1, -0.05) is 12.1 Å². The Kier molecular flexibility index (Phi) is 4.31. The fraction of sp³-hybridized carbons (Fsp3) is 0.143. The van der Waals surface area contributed by atoms with Crippen LogP contribution in [0.15, 0.2) is 36.4 Å². The van der Waals surface area contributed by atoms with Crippen molar-refractivity contribution in [3.8, 4) is 17.7 Å². The smallest absolute Gasteiger partial charge is 0.331 e. The molecular formula is C14H12N4O3. The molecule has 2 aromatic rings. The number of hydrogen-bond acceptors (Lipinski definition) is 6. The minimum Gasteiger partial charge on any atom is -0.434 e. The zero-order valence-electron chi connectivity index (χ0n) is 11.2. The first-order valence-electron chi connectivity index (χ1n) is 6.11. The lowest BCUT2D eigenvalue weighted by Crippen LogP contribution is -1.99. The molecule has 2 rings (SSSR count). The highest BCUT2D eigenvalue weighted by Crippen LogP contribution is 2.30. The zero-order valence-corrected chi connectivity index (χ0v) is 11.2. The van der Waals surface area contributed by atoms with Gasteiger partial charge in [-0.15, -0.1) is 0 Å². The first-order valence-corrected chi connectivity index (χ1v) is 6.11. The first-order chi connectivity index (χ1) is 10.1. The van der Waals surface area contributed by atoms with Crippen LogP contribution >= 0.6 is 0 Å². The molecule has 21 heavy (non-hydrogen) atoms. The van der Waals surface area contributed by atoms with Crippen LogP contribution in [0.25, 0.3) is 0 Å². The molecule has 106 valence electrons. The van der Waals surface area contributed by atoms with Crippen molar-refractivity contribution in [1.82, 2.24) is 4.98 Å². The summed E-state index contributed by atoms with van der Waals surface area (Å²) in [5.41, 5.74) is 0.631. The molecule has 0 spiro atoms. The van der Waals surface area contributed by atoms with Crippen LogP contribution < -0.4 is 10.1 Å². The van der Waals surface area contributed by atoms with Gasteiger partial charge in [0.25, 0.3) is 0 Å². The highest BCUT2D eigenvalue weighted by molar-refractivity contribution is 5.50. The second kappa shape index (κ2) is 6.34. The highest BCUT2D eigenvalue weighted by atomic mass is 16.6. The fourth-order valence-electron chi connectivity index (χ4n) is 1.66. The van der Waals surface area contributed by atoms with Gasteiger partial charge >= 0.3 is 11.6 Å². The molecule has 1 heterocycles. The largest absolute Gasteiger partial charge is 0.434 e. The van der Waals surface area contributed by atoms with Crippen molar-refractivity contribution in [2.45, 2.75) is 6.42 Å². The maximum absolute atomic E-state index is 11.0. The van der Waals surface area contributed by atoms with E-state index in [1.165, 1.54) is 12.1 Å². The Morgan fingerprint density at radius 2 is 2.05 bits per heavy atom. The number of hydrogen-bond donors (Lipinski definition) is 1. The average molecular weight is 284 g/mol. The van der Waals surface area contributed by atoms with Crippen molar-refractivity contribution in [2.75, 3.05) is 12.4 Å². The number of nitrogens with zero attached hydrogens (tertiary/aromatic N) is 3. The Morgan fingerprint density at radius 1 is 1.33 bits per heavy atom. The van der Waals surface area contributed by atoms with Gasteiger partial charge in [-0.05, 0) is 23.8 Å². The van der Waals surface area contributed by atoms with Crippen molar-refractivity contribution in [3.05, 3.63) is 52.1 Å². The Balaban J connectivity index is 2.29. The van der Waals surface area contributed by atoms with Crippen LogP contribution in [0, 0.1) is 21.4 Å². The number of nitro groups is 1. The van der Waals surface area contributed by atoms with Crippen LogP contribution in [0.3, 0.4) is 0 Å². The number of nitrogens with one attached hydrogen (secondary N) is 1. The number of anilines is 1. The van der Waals surface area contributed by atoms with E-state index in [-0.39, 0.29) is 11.6 Å². The van der Waals surface area contributed by atoms with Crippen LogP contribution in [0.2, 0.25) is 0 Å². The van der Waals surface area contributed by atoms with Gasteiger partial charge in [-0.3, -0.25) is 10.1 Å². The fourth-order valence-corrected chi connectivity index (χ4v) is 1.66. The molecule has 0 radical (unpaired) electrons. The maximum atomic E-state index is 11.0. The third-order valence-electron chi connectivity index (χ3n) is 2.71. The summed E-state index contributed by atoms with van der Waals surface area (Å²) in [6.45, 7) is 0. The molecule has 0 fully saturated rings. The van der Waals surface area contributed by atoms with E-state index in [0.717, 1.165) is 5.56 Å². The normalized spacial score (nSPS) is 9.71. The van der Waals surface area contributed by atoms with E-state index in [4.69, 9.17) is 10.00 Å². The summed E-state index contributed by atoms with van der Waals surface area (Å²) in [7, 11) is 1.66. The molecule has 0 unspecified atom stereocenters. The molecule has 7 heteroatoms. The minimum absolute atomic E-state index is 0.0834. The molecule has 1 aromatic carbocycles. The van der Waals surface area contributed by atoms with Gasteiger partial charge in [-0.2, -0.15) is 10.2 Å². The van der Waals surface area contributed by atoms with Crippen LogP contribution in [0.4, 0.5) is 11.5 Å². The first kappa shape index (κ1) is 14.3. The van der Waals surface area contributed by atoms with Gasteiger partial charge in [0, 0.05) is 13.1 Å². The van der Waals surface area contributed by atoms with Crippen LogP contribution in [-0.4, -0.2) is 17.0 Å². The van der Waals surface area contributed by atoms with Gasteiger partial charge in [-0.25, -0.2) is 0 Å². The Morgan fingerprint density at radius 3 is 2.62 bits per heavy atom. The second-order valence-corrected chi connectivity index (χ2v) is 4.11. The van der Waals surface area contributed by atoms with Gasteiger partial charge in [0.2, 0.25) is 0 Å². The highest BCUT2D eigenvalue weighted by Gasteiger charge is 2.18. The number of rotatable bonds is 5. The van der Waals surface area contributed by atoms with Gasteiger partial charge < -0.3 is 10.1 Å². The lowest BCUT2D eigenvalue weighted by molar-refractivity contribution is -0.386. The van der Waals surface area contributed by atoms with Crippen molar-refractivity contribution in [2.24, 2.45) is 0 Å². The van der Waals surface area contributed by atoms with Crippen molar-refractivity contribution < 1.29 is 9.66 Å². The van der Waals surface area contributed by atoms with Crippen molar-refractivity contribution in [1.29, 1.82) is 5.26 Å². The van der Waals surface area contributed by atoms with E-state index in [9.17, 15) is 10.1 Å². The third kappa shape index (κ3) is 3.45. The summed E-state index contributed by atoms with van der Waals surface area (Å²) in [6.07, 6.45) is 0.300. The van der Waals surface area contributed by atoms with Gasteiger partial charge in [0.15, 0.2) is 0 Å². The summed E-state index contributed by atoms with van der Waals surface area (Å²) in [4.78, 5) is 14.5. The van der Waals surface area contributed by atoms with E-state index in [2.05, 4.69) is 10.3 Å². The lowest BCUT2D eigenvalue weighted by atomic mass is 10.2. The van der Waals surface area contributed by atoms with Crippen molar-refractivity contribution in [3.63, 3.8) is 0 Å². The second-order valence-electron chi connectivity index (χ2n) is 4.11. The average Bonchev–Trinajstić information content (AvgIpc) is 2.49. The molecule has 0 saturated carbocycles. The zero-order chi connectivity index (χ0) is 15.2. The van der Waals surface area contributed by atoms with E-state index in [1.54, 1.807) is 31.3 Å². The molecule has 0 saturated heterocycles. The standard InChI is InChI=1S/C14H12N4O3/c1-16-13-7-6-12(18(19)20)14(17-13)21-11-4-2-10(3-5-11)8-9-15/h2-7H,8H2,1H3,(H,16,17). The number of benzene rings is 1. The van der Waals surface area contributed by atoms with Crippen LogP contribution in [0.5, 0.6) is 11.6 Å². The monoisotopic (exact) mass is 284 g/mol. The number of aromatic nitrogens is 1. The molecule has 0 amide bonds. The van der Waals surface area contributed by atoms with Gasteiger partial charge in [0.05, 0.1) is 17.4 Å². The quantitative estimate of drug-likeness (QED) is 0.669. The van der Waals surface area contributed by atoms with Gasteiger partial charge in [0.1, 0.15) is 11.6 Å². The van der Waals surface area contributed by atoms with E-state index < -0.39 is 4.92 Å². The summed E-state index contributed by atoms with van der Waals surface area (Å²) in [5.74, 6) is 0.803. The molecule has 0 atom stereocenters. The van der Waals surface area contributed by atoms with Crippen LogP contribution in [-0.2, 0) is 6.42 Å². The summed E-state index contributed by atoms with van der Waals surface area (Å²) >= 11 is 0. The molecule has 1 N–H and O–H groups in total. The summed E-state index contributed by atoms with van der Waals surface area (Å²) in [5, 5.41) is 22.4. The van der Waals surface area contributed by atoms with E-state index in [1.807, 2.05) is 6.07 Å². The summed E-state index contributed by atoms with van der Waals surface area (Å²) in [6, 6.07) is 11.6. The summed E-state index contributed by atoms with van der Waals surface area (Å²) < 4.78 is 5.47.